The van der Waals surface area contributed by atoms with Gasteiger partial charge in [-0.3, -0.25) is 4.79 Å². The molecule has 0 unspecified atom stereocenters. The fraction of sp³-hybridized carbons (Fsp3) is 0.188. The van der Waals surface area contributed by atoms with Crippen LogP contribution in [0.4, 0.5) is 0 Å². The van der Waals surface area contributed by atoms with E-state index in [9.17, 15) is 116 Å². The van der Waals surface area contributed by atoms with Gasteiger partial charge in [-0.1, -0.05) is 0 Å². The van der Waals surface area contributed by atoms with Crippen molar-refractivity contribution < 1.29 is 158 Å². The molecule has 416 valence electrons. The molecule has 0 saturated carbocycles. The lowest BCUT2D eigenvalue weighted by molar-refractivity contribution is -0.339. The maximum atomic E-state index is 15.2. The first-order chi connectivity index (χ1) is 37.5. The van der Waals surface area contributed by atoms with Gasteiger partial charge in [-0.15, -0.1) is 0 Å². The minimum Gasteiger partial charge on any atom is -0.504 e. The first kappa shape index (κ1) is 52.6. The van der Waals surface area contributed by atoms with Crippen LogP contribution in [0.3, 0.4) is 0 Å². The zero-order chi connectivity index (χ0) is 58.3. The third-order valence-electron chi connectivity index (χ3n) is 13.2. The number of carbonyl (C=O) groups is 7. The predicted molar refractivity (Wildman–Crippen MR) is 241 cm³/mol. The van der Waals surface area contributed by atoms with E-state index in [1.165, 1.54) is 0 Å². The van der Waals surface area contributed by atoms with Crippen LogP contribution in [0.2, 0.25) is 0 Å². The Morgan fingerprint density at radius 3 is 1.75 bits per heavy atom. The second-order valence-electron chi connectivity index (χ2n) is 17.8. The summed E-state index contributed by atoms with van der Waals surface area (Å²) in [6.07, 6.45) is -12.9. The lowest BCUT2D eigenvalue weighted by atomic mass is 9.70. The van der Waals surface area contributed by atoms with Crippen LogP contribution < -0.4 is 9.47 Å². The largest absolute Gasteiger partial charge is 0.504 e. The van der Waals surface area contributed by atoms with Gasteiger partial charge in [0.15, 0.2) is 75.5 Å². The third kappa shape index (κ3) is 7.64. The number of carboxylic acids is 1. The van der Waals surface area contributed by atoms with Gasteiger partial charge < -0.3 is 125 Å². The molecule has 5 aromatic rings. The maximum Gasteiger partial charge on any atom is 0.340 e. The van der Waals surface area contributed by atoms with Crippen LogP contribution in [-0.4, -0.2) is 177 Å². The minimum absolute atomic E-state index is 0.208. The Kier molecular flexibility index (Phi) is 11.8. The molecule has 1 saturated heterocycles. The number of phenolic OH excluding ortho intramolecular Hbond substituents is 13. The molecule has 4 aliphatic heterocycles. The van der Waals surface area contributed by atoms with E-state index in [0.29, 0.717) is 30.3 Å². The number of fused-ring (bicyclic) bond motifs is 4. The van der Waals surface area contributed by atoms with E-state index in [1.807, 2.05) is 0 Å². The maximum absolute atomic E-state index is 15.2. The number of ether oxygens (including phenoxy) is 8. The number of hydrogen-bond donors (Lipinski definition) is 17. The lowest BCUT2D eigenvalue weighted by Gasteiger charge is -2.49. The third-order valence-corrected chi connectivity index (χ3v) is 13.2. The van der Waals surface area contributed by atoms with Gasteiger partial charge in [0.1, 0.15) is 18.3 Å². The molecule has 0 radical (unpaired) electrons. The Morgan fingerprint density at radius 1 is 0.562 bits per heavy atom. The predicted octanol–water partition coefficient (Wildman–Crippen LogP) is -0.200. The van der Waals surface area contributed by atoms with Crippen LogP contribution in [0.1, 0.15) is 63.3 Å². The summed E-state index contributed by atoms with van der Waals surface area (Å²) in [4.78, 5) is 98.9. The van der Waals surface area contributed by atoms with E-state index in [1.54, 1.807) is 0 Å². The van der Waals surface area contributed by atoms with Crippen molar-refractivity contribution in [3.63, 3.8) is 0 Å². The van der Waals surface area contributed by atoms with Gasteiger partial charge in [-0.2, -0.15) is 0 Å². The summed E-state index contributed by atoms with van der Waals surface area (Å²) in [5, 5.41) is 184. The Morgan fingerprint density at radius 2 is 1.10 bits per heavy atom. The zero-order valence-corrected chi connectivity index (χ0v) is 38.9. The zero-order valence-electron chi connectivity index (χ0n) is 38.9. The van der Waals surface area contributed by atoms with Crippen LogP contribution in [0, 0.1) is 0 Å². The second kappa shape index (κ2) is 17.9. The van der Waals surface area contributed by atoms with Gasteiger partial charge in [-0.05, 0) is 30.3 Å². The molecule has 10 rings (SSSR count). The molecular formula is C48H32O32. The molecule has 32 nitrogen and oxygen atoms in total. The molecule has 4 heterocycles. The highest BCUT2D eigenvalue weighted by atomic mass is 16.8. The normalized spacial score (nSPS) is 23.5. The van der Waals surface area contributed by atoms with E-state index < -0.39 is 238 Å². The van der Waals surface area contributed by atoms with E-state index >= 15 is 4.79 Å². The molecule has 5 aliphatic rings. The van der Waals surface area contributed by atoms with Crippen molar-refractivity contribution in [2.45, 2.75) is 48.2 Å². The molecule has 1 aliphatic carbocycles. The van der Waals surface area contributed by atoms with Gasteiger partial charge in [-0.25, -0.2) is 28.8 Å². The number of phenols is 13. The lowest BCUT2D eigenvalue weighted by Crippen LogP contribution is -2.70. The Labute approximate surface area is 438 Å². The average Bonchev–Trinajstić information content (AvgIpc) is 3.60. The van der Waals surface area contributed by atoms with E-state index in [4.69, 9.17) is 37.9 Å². The SMILES string of the molecule is O=C1O[C@H]2[C@@H]3OC(=O)c4cc(Oc5c(C(=O)O)cc(O)c(O)c5O)c(O)c(O)c4-c4c(cc(O)c(O)c4O)C(=O)OC[C@H]2O[C@@H](OC(=O)c2cc(O)c(O)c(O)c2)[C@@H]3OC(=O)c2cc(O)c(O)c3c2[C@@H]2C1=CC(=O)[C@](O)(O3)C2(O)O. The first-order valence-corrected chi connectivity index (χ1v) is 22.2. The number of carboxylic acid groups (broad SMARTS) is 1. The van der Waals surface area contributed by atoms with Crippen molar-refractivity contribution in [2.75, 3.05) is 6.61 Å². The molecule has 1 fully saturated rings. The molecule has 0 amide bonds. The van der Waals surface area contributed by atoms with E-state index in [2.05, 4.69) is 0 Å². The molecule has 0 aromatic heterocycles. The number of rotatable bonds is 5. The van der Waals surface area contributed by atoms with Gasteiger partial charge in [0.25, 0.3) is 5.79 Å². The summed E-state index contributed by atoms with van der Waals surface area (Å²) in [6, 6.07) is 2.31. The van der Waals surface area contributed by atoms with E-state index in [0.717, 1.165) is 0 Å². The van der Waals surface area contributed by atoms with Gasteiger partial charge in [0, 0.05) is 28.8 Å². The number of aliphatic hydroxyl groups is 3. The van der Waals surface area contributed by atoms with Crippen LogP contribution >= 0.6 is 0 Å². The van der Waals surface area contributed by atoms with Crippen LogP contribution in [0.25, 0.3) is 11.1 Å². The molecular weight excluding hydrogens is 1090 g/mol. The smallest absolute Gasteiger partial charge is 0.340 e. The number of carbonyl (C=O) groups excluding carboxylic acids is 6. The number of benzene rings is 5. The van der Waals surface area contributed by atoms with Gasteiger partial charge >= 0.3 is 41.6 Å². The van der Waals surface area contributed by atoms with Crippen LogP contribution in [-0.2, 0) is 38.0 Å². The number of hydrogen-bond acceptors (Lipinski definition) is 31. The van der Waals surface area contributed by atoms with Crippen molar-refractivity contribution in [2.24, 2.45) is 0 Å². The first-order valence-electron chi connectivity index (χ1n) is 22.2. The average molecular weight is 1120 g/mol. The molecule has 6 bridgehead atoms. The van der Waals surface area contributed by atoms with Gasteiger partial charge in [0.2, 0.25) is 46.9 Å². The molecule has 7 atom stereocenters. The van der Waals surface area contributed by atoms with Crippen molar-refractivity contribution in [3.8, 4) is 103 Å². The molecule has 17 N–H and O–H groups in total. The molecule has 5 aromatic carbocycles. The topological polar surface area (TPSA) is 537 Å². The number of ketones is 1. The highest BCUT2D eigenvalue weighted by Gasteiger charge is 2.70. The van der Waals surface area contributed by atoms with Gasteiger partial charge in [0.05, 0.1) is 33.7 Å². The standard InChI is InChI=1S/C48H32O32/c49-15-1-9(2-16(50)27(15)55)41(65)79-46-39-38-36(76-45(69)13-7-22(54)48(72)47(70,71)26(13)25-11(43(67)78-39)4-19(53)30(58)37(25)80-48)21(75-46)8-73-42(66)10-3-17(51)28(56)32(60)23(10)24-12(44(68)77-38)6-20(31(59)33(24)61)74-35-14(40(63)64)5-18(52)29(57)34(35)62/h1-7,21,26,36,38-39,46,49-53,55-62,70-72H,8H2,(H,63,64)/t21-,26+,36-,38+,39-,46+,48+/m1/s1. The fourth-order valence-corrected chi connectivity index (χ4v) is 9.32. The number of aromatic hydroxyl groups is 13. The number of aromatic carboxylic acids is 1. The highest BCUT2D eigenvalue weighted by molar-refractivity contribution is 6.10. The second-order valence-corrected chi connectivity index (χ2v) is 17.8. The highest BCUT2D eigenvalue weighted by Crippen LogP contribution is 2.59. The van der Waals surface area contributed by atoms with Crippen LogP contribution in [0.5, 0.6) is 92.0 Å². The molecule has 0 spiro atoms. The molecule has 80 heavy (non-hydrogen) atoms. The summed E-state index contributed by atoms with van der Waals surface area (Å²) in [5.41, 5.74) is -10.7. The Hall–Kier alpha value is -10.8. The van der Waals surface area contributed by atoms with E-state index in [-0.39, 0.29) is 12.1 Å². The summed E-state index contributed by atoms with van der Waals surface area (Å²) in [6.45, 7) is -1.42. The summed E-state index contributed by atoms with van der Waals surface area (Å²) in [5.74, 6) is -46.2. The van der Waals surface area contributed by atoms with Crippen LogP contribution in [0.15, 0.2) is 48.0 Å². The monoisotopic (exact) mass is 1120 g/mol. The van der Waals surface area contributed by atoms with Crippen molar-refractivity contribution in [1.82, 2.24) is 0 Å². The Bertz CT molecular complexity index is 3700. The molecule has 32 heteroatoms. The summed E-state index contributed by atoms with van der Waals surface area (Å²) < 4.78 is 44.6. The van der Waals surface area contributed by atoms with Crippen molar-refractivity contribution >= 4 is 41.6 Å². The summed E-state index contributed by atoms with van der Waals surface area (Å²) >= 11 is 0. The summed E-state index contributed by atoms with van der Waals surface area (Å²) in [7, 11) is 0. The fourth-order valence-electron chi connectivity index (χ4n) is 9.32. The van der Waals surface area contributed by atoms with Crippen molar-refractivity contribution in [1.29, 1.82) is 0 Å². The minimum atomic E-state index is -4.06. The Balaban J connectivity index is 1.23. The number of cyclic esters (lactones) is 1. The van der Waals surface area contributed by atoms with Crippen molar-refractivity contribution in [3.05, 3.63) is 81.4 Å². The quantitative estimate of drug-likeness (QED) is 0.0469. The number of esters is 5.